The maximum Gasteiger partial charge on any atom is 0.125 e. The SMILES string of the molecule is CCOCCN(CCOCC)c1cc(F)cc(CNC)c1. The van der Waals surface area contributed by atoms with E-state index in [2.05, 4.69) is 10.2 Å². The number of hydrogen-bond donors (Lipinski definition) is 1. The third kappa shape index (κ3) is 6.89. The van der Waals surface area contributed by atoms with Crippen LogP contribution in [-0.2, 0) is 16.0 Å². The van der Waals surface area contributed by atoms with E-state index in [9.17, 15) is 4.39 Å². The van der Waals surface area contributed by atoms with Gasteiger partial charge in [-0.25, -0.2) is 4.39 Å². The largest absolute Gasteiger partial charge is 0.380 e. The lowest BCUT2D eigenvalue weighted by Crippen LogP contribution is -2.31. The molecule has 0 heterocycles. The van der Waals surface area contributed by atoms with E-state index in [0.717, 1.165) is 24.3 Å². The summed E-state index contributed by atoms with van der Waals surface area (Å²) in [6, 6.07) is 5.14. The van der Waals surface area contributed by atoms with Gasteiger partial charge >= 0.3 is 0 Å². The molecule has 0 saturated carbocycles. The summed E-state index contributed by atoms with van der Waals surface area (Å²) >= 11 is 0. The van der Waals surface area contributed by atoms with Crippen LogP contribution >= 0.6 is 0 Å². The molecule has 1 aromatic carbocycles. The second kappa shape index (κ2) is 10.5. The quantitative estimate of drug-likeness (QED) is 0.636. The highest BCUT2D eigenvalue weighted by Crippen LogP contribution is 2.18. The molecule has 4 nitrogen and oxygen atoms in total. The molecule has 0 aliphatic heterocycles. The smallest absolute Gasteiger partial charge is 0.125 e. The van der Waals surface area contributed by atoms with E-state index in [1.165, 1.54) is 0 Å². The number of anilines is 1. The van der Waals surface area contributed by atoms with E-state index in [0.29, 0.717) is 33.0 Å². The predicted molar refractivity (Wildman–Crippen MR) is 84.4 cm³/mol. The Kier molecular flexibility index (Phi) is 8.98. The monoisotopic (exact) mass is 298 g/mol. The molecule has 1 N–H and O–H groups in total. The summed E-state index contributed by atoms with van der Waals surface area (Å²) in [6.45, 7) is 8.67. The summed E-state index contributed by atoms with van der Waals surface area (Å²) in [4.78, 5) is 2.10. The van der Waals surface area contributed by atoms with Crippen molar-refractivity contribution in [1.29, 1.82) is 0 Å². The molecular formula is C16H27FN2O2. The lowest BCUT2D eigenvalue weighted by atomic mass is 10.1. The van der Waals surface area contributed by atoms with Crippen LogP contribution in [0.5, 0.6) is 0 Å². The first-order chi connectivity index (χ1) is 10.2. The molecule has 1 rings (SSSR count). The summed E-state index contributed by atoms with van der Waals surface area (Å²) in [5.74, 6) is -0.212. The lowest BCUT2D eigenvalue weighted by molar-refractivity contribution is 0.141. The van der Waals surface area contributed by atoms with Crippen LogP contribution in [0.15, 0.2) is 18.2 Å². The van der Waals surface area contributed by atoms with Crippen molar-refractivity contribution in [2.75, 3.05) is 51.5 Å². The van der Waals surface area contributed by atoms with E-state index >= 15 is 0 Å². The maximum absolute atomic E-state index is 13.8. The van der Waals surface area contributed by atoms with E-state index in [1.54, 1.807) is 12.1 Å². The lowest BCUT2D eigenvalue weighted by Gasteiger charge is -2.25. The Morgan fingerprint density at radius 2 is 1.67 bits per heavy atom. The second-order valence-electron chi connectivity index (χ2n) is 4.73. The molecule has 0 amide bonds. The second-order valence-corrected chi connectivity index (χ2v) is 4.73. The van der Waals surface area contributed by atoms with Crippen LogP contribution in [0.4, 0.5) is 10.1 Å². The van der Waals surface area contributed by atoms with Crippen LogP contribution in [0.25, 0.3) is 0 Å². The summed E-state index contributed by atoms with van der Waals surface area (Å²) in [7, 11) is 1.85. The van der Waals surface area contributed by atoms with Crippen LogP contribution < -0.4 is 10.2 Å². The third-order valence-corrected chi connectivity index (χ3v) is 3.11. The molecule has 0 aliphatic rings. The summed E-state index contributed by atoms with van der Waals surface area (Å²) < 4.78 is 24.6. The highest BCUT2D eigenvalue weighted by Gasteiger charge is 2.09. The van der Waals surface area contributed by atoms with E-state index in [-0.39, 0.29) is 5.82 Å². The molecule has 0 atom stereocenters. The maximum atomic E-state index is 13.8. The highest BCUT2D eigenvalue weighted by molar-refractivity contribution is 5.49. The minimum absolute atomic E-state index is 0.212. The number of hydrogen-bond acceptors (Lipinski definition) is 4. The van der Waals surface area contributed by atoms with Crippen molar-refractivity contribution < 1.29 is 13.9 Å². The van der Waals surface area contributed by atoms with Gasteiger partial charge in [-0.1, -0.05) is 0 Å². The van der Waals surface area contributed by atoms with Crippen molar-refractivity contribution in [3.8, 4) is 0 Å². The minimum Gasteiger partial charge on any atom is -0.380 e. The number of rotatable bonds is 11. The van der Waals surface area contributed by atoms with Crippen molar-refractivity contribution in [2.24, 2.45) is 0 Å². The first kappa shape index (κ1) is 17.9. The van der Waals surface area contributed by atoms with Crippen molar-refractivity contribution in [1.82, 2.24) is 5.32 Å². The van der Waals surface area contributed by atoms with Crippen molar-refractivity contribution in [3.05, 3.63) is 29.6 Å². The number of ether oxygens (including phenoxy) is 2. The van der Waals surface area contributed by atoms with Crippen LogP contribution in [0.1, 0.15) is 19.4 Å². The van der Waals surface area contributed by atoms with Crippen LogP contribution in [0.3, 0.4) is 0 Å². The van der Waals surface area contributed by atoms with E-state index in [4.69, 9.17) is 9.47 Å². The molecule has 0 aliphatic carbocycles. The average molecular weight is 298 g/mol. The van der Waals surface area contributed by atoms with Gasteiger partial charge in [-0.05, 0) is 44.7 Å². The molecule has 0 aromatic heterocycles. The highest BCUT2D eigenvalue weighted by atomic mass is 19.1. The molecule has 0 unspecified atom stereocenters. The molecule has 0 spiro atoms. The Morgan fingerprint density at radius 3 is 2.19 bits per heavy atom. The van der Waals surface area contributed by atoms with Gasteiger partial charge in [0.1, 0.15) is 5.82 Å². The van der Waals surface area contributed by atoms with Gasteiger partial charge in [0.25, 0.3) is 0 Å². The van der Waals surface area contributed by atoms with Crippen molar-refractivity contribution in [2.45, 2.75) is 20.4 Å². The first-order valence-electron chi connectivity index (χ1n) is 7.55. The van der Waals surface area contributed by atoms with Crippen LogP contribution in [-0.4, -0.2) is 46.6 Å². The zero-order chi connectivity index (χ0) is 15.5. The van der Waals surface area contributed by atoms with Gasteiger partial charge < -0.3 is 19.7 Å². The number of halogens is 1. The standard InChI is InChI=1S/C16H27FN2O2/c1-4-20-8-6-19(7-9-21-5-2)16-11-14(13-18-3)10-15(17)12-16/h10-12,18H,4-9,13H2,1-3H3. The molecule has 5 heteroatoms. The molecule has 0 fully saturated rings. The van der Waals surface area contributed by atoms with Gasteiger partial charge in [-0.2, -0.15) is 0 Å². The van der Waals surface area contributed by atoms with Gasteiger partial charge in [0.2, 0.25) is 0 Å². The number of benzene rings is 1. The zero-order valence-corrected chi connectivity index (χ0v) is 13.3. The topological polar surface area (TPSA) is 33.7 Å². The van der Waals surface area contributed by atoms with Gasteiger partial charge in [-0.3, -0.25) is 0 Å². The fourth-order valence-corrected chi connectivity index (χ4v) is 2.13. The minimum atomic E-state index is -0.212. The predicted octanol–water partition coefficient (Wildman–Crippen LogP) is 2.42. The van der Waals surface area contributed by atoms with Gasteiger partial charge in [0.15, 0.2) is 0 Å². The Balaban J connectivity index is 2.78. The molecule has 0 bridgehead atoms. The zero-order valence-electron chi connectivity index (χ0n) is 13.3. The Bertz CT molecular complexity index is 392. The third-order valence-electron chi connectivity index (χ3n) is 3.11. The molecule has 0 saturated heterocycles. The van der Waals surface area contributed by atoms with Crippen molar-refractivity contribution >= 4 is 5.69 Å². The molecule has 0 radical (unpaired) electrons. The van der Waals surface area contributed by atoms with Crippen LogP contribution in [0.2, 0.25) is 0 Å². The Labute approximate surface area is 127 Å². The van der Waals surface area contributed by atoms with Crippen LogP contribution in [0, 0.1) is 5.82 Å². The van der Waals surface area contributed by atoms with E-state index < -0.39 is 0 Å². The molecule has 120 valence electrons. The summed E-state index contributed by atoms with van der Waals surface area (Å²) in [5.41, 5.74) is 1.81. The molecule has 1 aromatic rings. The Morgan fingerprint density at radius 1 is 1.05 bits per heavy atom. The molecule has 21 heavy (non-hydrogen) atoms. The summed E-state index contributed by atoms with van der Waals surface area (Å²) in [6.07, 6.45) is 0. The normalized spacial score (nSPS) is 10.9. The number of nitrogens with one attached hydrogen (secondary N) is 1. The van der Waals surface area contributed by atoms with Gasteiger partial charge in [0, 0.05) is 38.5 Å². The fourth-order valence-electron chi connectivity index (χ4n) is 2.13. The van der Waals surface area contributed by atoms with Gasteiger partial charge in [0.05, 0.1) is 13.2 Å². The fraction of sp³-hybridized carbons (Fsp3) is 0.625. The van der Waals surface area contributed by atoms with Crippen molar-refractivity contribution in [3.63, 3.8) is 0 Å². The summed E-state index contributed by atoms with van der Waals surface area (Å²) in [5, 5.41) is 3.05. The van der Waals surface area contributed by atoms with E-state index in [1.807, 2.05) is 27.0 Å². The Hall–Kier alpha value is -1.17. The average Bonchev–Trinajstić information content (AvgIpc) is 2.46. The number of nitrogens with zero attached hydrogens (tertiary/aromatic N) is 1. The first-order valence-corrected chi connectivity index (χ1v) is 7.55. The molecular weight excluding hydrogens is 271 g/mol. The van der Waals surface area contributed by atoms with Gasteiger partial charge in [-0.15, -0.1) is 0 Å².